The lowest BCUT2D eigenvalue weighted by Crippen LogP contribution is -2.23. The molecule has 1 fully saturated rings. The Morgan fingerprint density at radius 3 is 2.39 bits per heavy atom. The first-order chi connectivity index (χ1) is 8.38. The summed E-state index contributed by atoms with van der Waals surface area (Å²) in [4.78, 5) is 18.8. The Hall–Kier alpha value is -1.86. The Labute approximate surface area is 100 Å². The molecule has 1 saturated heterocycles. The van der Waals surface area contributed by atoms with Gasteiger partial charge in [0.25, 0.3) is 0 Å². The SMILES string of the molecule is O=C(O)c1cc(N2CCCC2)nc(C(F)(F)F)n1. The minimum absolute atomic E-state index is 0.0206. The number of carboxylic acids is 1. The molecule has 0 bridgehead atoms. The molecule has 0 amide bonds. The maximum atomic E-state index is 12.6. The molecule has 0 aromatic carbocycles. The van der Waals surface area contributed by atoms with Crippen LogP contribution in [0.3, 0.4) is 0 Å². The zero-order valence-corrected chi connectivity index (χ0v) is 9.24. The summed E-state index contributed by atoms with van der Waals surface area (Å²) in [7, 11) is 0. The van der Waals surface area contributed by atoms with E-state index in [9.17, 15) is 18.0 Å². The molecular weight excluding hydrogens is 251 g/mol. The third kappa shape index (κ3) is 2.52. The molecule has 18 heavy (non-hydrogen) atoms. The number of carboxylic acid groups (broad SMARTS) is 1. The molecule has 0 atom stereocenters. The first-order valence-corrected chi connectivity index (χ1v) is 5.32. The molecule has 1 aliphatic heterocycles. The molecule has 0 radical (unpaired) electrons. The molecule has 0 aliphatic carbocycles. The van der Waals surface area contributed by atoms with Crippen molar-refractivity contribution in [3.63, 3.8) is 0 Å². The molecule has 98 valence electrons. The van der Waals surface area contributed by atoms with Crippen LogP contribution in [0.1, 0.15) is 29.2 Å². The summed E-state index contributed by atoms with van der Waals surface area (Å²) in [6.07, 6.45) is -3.04. The van der Waals surface area contributed by atoms with Gasteiger partial charge in [0.15, 0.2) is 5.69 Å². The average Bonchev–Trinajstić information content (AvgIpc) is 2.80. The van der Waals surface area contributed by atoms with Crippen LogP contribution in [0.15, 0.2) is 6.07 Å². The highest BCUT2D eigenvalue weighted by atomic mass is 19.4. The first-order valence-electron chi connectivity index (χ1n) is 5.32. The molecule has 8 heteroatoms. The van der Waals surface area contributed by atoms with Crippen molar-refractivity contribution in [3.8, 4) is 0 Å². The Bertz CT molecular complexity index is 470. The van der Waals surface area contributed by atoms with Gasteiger partial charge in [-0.05, 0) is 12.8 Å². The van der Waals surface area contributed by atoms with Crippen molar-refractivity contribution in [3.05, 3.63) is 17.6 Å². The van der Waals surface area contributed by atoms with Crippen LogP contribution in [-0.4, -0.2) is 34.1 Å². The van der Waals surface area contributed by atoms with Crippen molar-refractivity contribution >= 4 is 11.8 Å². The van der Waals surface area contributed by atoms with E-state index >= 15 is 0 Å². The van der Waals surface area contributed by atoms with Gasteiger partial charge in [0.1, 0.15) is 5.82 Å². The van der Waals surface area contributed by atoms with E-state index < -0.39 is 23.7 Å². The molecule has 0 spiro atoms. The summed E-state index contributed by atoms with van der Waals surface area (Å²) in [6.45, 7) is 1.15. The summed E-state index contributed by atoms with van der Waals surface area (Å²) in [5.41, 5.74) is -0.640. The quantitative estimate of drug-likeness (QED) is 0.879. The van der Waals surface area contributed by atoms with Crippen LogP contribution in [0.4, 0.5) is 19.0 Å². The predicted octanol–water partition coefficient (Wildman–Crippen LogP) is 1.79. The predicted molar refractivity (Wildman–Crippen MR) is 55.4 cm³/mol. The molecule has 5 nitrogen and oxygen atoms in total. The number of nitrogens with zero attached hydrogens (tertiary/aromatic N) is 3. The number of anilines is 1. The van der Waals surface area contributed by atoms with Gasteiger partial charge < -0.3 is 10.0 Å². The normalized spacial score (nSPS) is 16.1. The van der Waals surface area contributed by atoms with Crippen LogP contribution in [0, 0.1) is 0 Å². The number of aromatic carboxylic acids is 1. The fourth-order valence-corrected chi connectivity index (χ4v) is 1.78. The van der Waals surface area contributed by atoms with E-state index in [1.54, 1.807) is 4.90 Å². The second kappa shape index (κ2) is 4.43. The van der Waals surface area contributed by atoms with Gasteiger partial charge in [0.05, 0.1) is 0 Å². The largest absolute Gasteiger partial charge is 0.477 e. The number of halogens is 3. The Morgan fingerprint density at radius 2 is 1.89 bits per heavy atom. The third-order valence-electron chi connectivity index (χ3n) is 2.62. The maximum absolute atomic E-state index is 12.6. The van der Waals surface area contributed by atoms with Gasteiger partial charge in [-0.3, -0.25) is 0 Å². The van der Waals surface area contributed by atoms with E-state index in [0.29, 0.717) is 13.1 Å². The van der Waals surface area contributed by atoms with E-state index in [1.165, 1.54) is 0 Å². The molecule has 2 rings (SSSR count). The molecule has 1 aliphatic rings. The molecule has 1 aromatic rings. The highest BCUT2D eigenvalue weighted by molar-refractivity contribution is 5.86. The molecule has 0 saturated carbocycles. The van der Waals surface area contributed by atoms with Crippen LogP contribution in [0.5, 0.6) is 0 Å². The highest BCUT2D eigenvalue weighted by Crippen LogP contribution is 2.29. The van der Waals surface area contributed by atoms with E-state index in [4.69, 9.17) is 5.11 Å². The minimum Gasteiger partial charge on any atom is -0.477 e. The highest BCUT2D eigenvalue weighted by Gasteiger charge is 2.36. The second-order valence-electron chi connectivity index (χ2n) is 3.93. The van der Waals surface area contributed by atoms with Crippen molar-refractivity contribution < 1.29 is 23.1 Å². The standard InChI is InChI=1S/C10H10F3N3O2/c11-10(12,13)9-14-6(8(17)18)5-7(15-9)16-3-1-2-4-16/h5H,1-4H2,(H,17,18). The zero-order chi connectivity index (χ0) is 13.3. The lowest BCUT2D eigenvalue weighted by atomic mass is 10.3. The van der Waals surface area contributed by atoms with Gasteiger partial charge in [0.2, 0.25) is 5.82 Å². The second-order valence-corrected chi connectivity index (χ2v) is 3.93. The Kier molecular flexibility index (Phi) is 3.10. The van der Waals surface area contributed by atoms with Crippen LogP contribution >= 0.6 is 0 Å². The fourth-order valence-electron chi connectivity index (χ4n) is 1.78. The minimum atomic E-state index is -4.75. The number of rotatable bonds is 2. The summed E-state index contributed by atoms with van der Waals surface area (Å²) < 4.78 is 37.7. The number of aromatic nitrogens is 2. The van der Waals surface area contributed by atoms with Crippen molar-refractivity contribution in [1.82, 2.24) is 9.97 Å². The number of carbonyl (C=O) groups is 1. The first kappa shape index (κ1) is 12.6. The van der Waals surface area contributed by atoms with Gasteiger partial charge in [-0.1, -0.05) is 0 Å². The smallest absolute Gasteiger partial charge is 0.451 e. The molecule has 0 unspecified atom stereocenters. The lowest BCUT2D eigenvalue weighted by molar-refractivity contribution is -0.144. The number of hydrogen-bond donors (Lipinski definition) is 1. The monoisotopic (exact) mass is 261 g/mol. The van der Waals surface area contributed by atoms with E-state index in [-0.39, 0.29) is 5.82 Å². The zero-order valence-electron chi connectivity index (χ0n) is 9.24. The molecule has 1 N–H and O–H groups in total. The van der Waals surface area contributed by atoms with Crippen LogP contribution in [0.2, 0.25) is 0 Å². The van der Waals surface area contributed by atoms with Crippen molar-refractivity contribution in [2.24, 2.45) is 0 Å². The maximum Gasteiger partial charge on any atom is 0.451 e. The molecule has 2 heterocycles. The van der Waals surface area contributed by atoms with E-state index in [1.807, 2.05) is 0 Å². The van der Waals surface area contributed by atoms with Gasteiger partial charge in [-0.15, -0.1) is 0 Å². The van der Waals surface area contributed by atoms with Gasteiger partial charge in [-0.2, -0.15) is 13.2 Å². The van der Waals surface area contributed by atoms with Crippen LogP contribution in [0.25, 0.3) is 0 Å². The van der Waals surface area contributed by atoms with Gasteiger partial charge in [0, 0.05) is 19.2 Å². The number of alkyl halides is 3. The van der Waals surface area contributed by atoms with Crippen molar-refractivity contribution in [2.75, 3.05) is 18.0 Å². The Morgan fingerprint density at radius 1 is 1.28 bits per heavy atom. The summed E-state index contributed by atoms with van der Waals surface area (Å²) >= 11 is 0. The van der Waals surface area contributed by atoms with Crippen LogP contribution in [-0.2, 0) is 6.18 Å². The fraction of sp³-hybridized carbons (Fsp3) is 0.500. The van der Waals surface area contributed by atoms with E-state index in [2.05, 4.69) is 9.97 Å². The number of hydrogen-bond acceptors (Lipinski definition) is 4. The summed E-state index contributed by atoms with van der Waals surface area (Å²) in [5, 5.41) is 8.77. The van der Waals surface area contributed by atoms with E-state index in [0.717, 1.165) is 18.9 Å². The molecule has 1 aromatic heterocycles. The Balaban J connectivity index is 2.45. The topological polar surface area (TPSA) is 66.3 Å². The third-order valence-corrected chi connectivity index (χ3v) is 2.62. The van der Waals surface area contributed by atoms with Gasteiger partial charge in [-0.25, -0.2) is 14.8 Å². The van der Waals surface area contributed by atoms with Crippen molar-refractivity contribution in [1.29, 1.82) is 0 Å². The van der Waals surface area contributed by atoms with Gasteiger partial charge >= 0.3 is 12.1 Å². The summed E-state index contributed by atoms with van der Waals surface area (Å²) in [5.74, 6) is -2.89. The van der Waals surface area contributed by atoms with Crippen molar-refractivity contribution in [2.45, 2.75) is 19.0 Å². The molecular formula is C10H10F3N3O2. The average molecular weight is 261 g/mol. The van der Waals surface area contributed by atoms with Crippen LogP contribution < -0.4 is 4.90 Å². The summed E-state index contributed by atoms with van der Waals surface area (Å²) in [6, 6.07) is 1.07. The lowest BCUT2D eigenvalue weighted by Gasteiger charge is -2.17.